The highest BCUT2D eigenvalue weighted by Gasteiger charge is 2.28. The van der Waals surface area contributed by atoms with E-state index in [0.29, 0.717) is 36.0 Å². The first-order chi connectivity index (χ1) is 16.5. The standard InChI is InChI=1S/C29H37F3O2/c1-3-21(27-18-34-27)17-24(30)16-20-6-4-19(5-7-20)8-9-23-12-15-26(29(32)28(23)31)22-10-13-25(33-2)14-11-22/h3,8-9,12,15,17,19-20,22,25,27H,4-7,10-11,13-14,16,18H2,1-2H3/b9-8+,21-3+,24-17+. The third kappa shape index (κ3) is 6.42. The van der Waals surface area contributed by atoms with Gasteiger partial charge in [-0.25, -0.2) is 13.2 Å². The van der Waals surface area contributed by atoms with E-state index in [1.54, 1.807) is 31.4 Å². The van der Waals surface area contributed by atoms with E-state index in [4.69, 9.17) is 9.47 Å². The summed E-state index contributed by atoms with van der Waals surface area (Å²) in [7, 11) is 1.71. The Labute approximate surface area is 201 Å². The average molecular weight is 475 g/mol. The Morgan fingerprint density at radius 3 is 2.35 bits per heavy atom. The van der Waals surface area contributed by atoms with Gasteiger partial charge in [0.05, 0.1) is 12.7 Å². The highest BCUT2D eigenvalue weighted by Crippen LogP contribution is 2.37. The third-order valence-electron chi connectivity index (χ3n) is 7.87. The molecule has 0 spiro atoms. The molecule has 1 atom stereocenters. The Balaban J connectivity index is 1.29. The smallest absolute Gasteiger partial charge is 0.166 e. The molecule has 3 aliphatic rings. The van der Waals surface area contributed by atoms with Gasteiger partial charge in [-0.15, -0.1) is 0 Å². The van der Waals surface area contributed by atoms with Gasteiger partial charge >= 0.3 is 0 Å². The number of ether oxygens (including phenoxy) is 2. The lowest BCUT2D eigenvalue weighted by Crippen LogP contribution is -2.20. The van der Waals surface area contributed by atoms with Crippen molar-refractivity contribution in [2.45, 2.75) is 82.8 Å². The molecule has 1 aromatic rings. The summed E-state index contributed by atoms with van der Waals surface area (Å²) in [6.45, 7) is 2.59. The van der Waals surface area contributed by atoms with Crippen LogP contribution in [0.2, 0.25) is 0 Å². The first-order valence-electron chi connectivity index (χ1n) is 12.8. The summed E-state index contributed by atoms with van der Waals surface area (Å²) in [6.07, 6.45) is 15.3. The van der Waals surface area contributed by atoms with E-state index in [2.05, 4.69) is 0 Å². The molecule has 0 bridgehead atoms. The number of epoxide rings is 1. The number of hydrogen-bond acceptors (Lipinski definition) is 2. The van der Waals surface area contributed by atoms with Crippen LogP contribution in [0, 0.1) is 23.5 Å². The second kappa shape index (κ2) is 11.7. The van der Waals surface area contributed by atoms with Gasteiger partial charge in [0.1, 0.15) is 11.9 Å². The summed E-state index contributed by atoms with van der Waals surface area (Å²) < 4.78 is 54.7. The average Bonchev–Trinajstić information content (AvgIpc) is 3.70. The molecule has 0 aromatic heterocycles. The van der Waals surface area contributed by atoms with E-state index in [1.165, 1.54) is 0 Å². The summed E-state index contributed by atoms with van der Waals surface area (Å²) in [5, 5.41) is 0. The number of allylic oxidation sites excluding steroid dienone is 3. The van der Waals surface area contributed by atoms with E-state index in [1.807, 2.05) is 19.1 Å². The lowest BCUT2D eigenvalue weighted by atomic mass is 9.80. The minimum absolute atomic E-state index is 0.0596. The summed E-state index contributed by atoms with van der Waals surface area (Å²) in [5.74, 6) is -0.809. The van der Waals surface area contributed by atoms with E-state index in [-0.39, 0.29) is 24.0 Å². The minimum atomic E-state index is -0.747. The van der Waals surface area contributed by atoms with Crippen molar-refractivity contribution in [2.24, 2.45) is 11.8 Å². The molecule has 0 N–H and O–H groups in total. The summed E-state index contributed by atoms with van der Waals surface area (Å²) in [4.78, 5) is 0. The Morgan fingerprint density at radius 1 is 1.03 bits per heavy atom. The summed E-state index contributed by atoms with van der Waals surface area (Å²) >= 11 is 0. The molecule has 1 saturated heterocycles. The second-order valence-electron chi connectivity index (χ2n) is 10.1. The fourth-order valence-electron chi connectivity index (χ4n) is 5.58. The van der Waals surface area contributed by atoms with Crippen molar-refractivity contribution >= 4 is 6.08 Å². The van der Waals surface area contributed by atoms with Gasteiger partial charge in [-0.3, -0.25) is 0 Å². The molecule has 5 heteroatoms. The zero-order valence-electron chi connectivity index (χ0n) is 20.4. The molecule has 2 aliphatic carbocycles. The highest BCUT2D eigenvalue weighted by molar-refractivity contribution is 5.52. The normalized spacial score (nSPS) is 30.7. The Kier molecular flexibility index (Phi) is 8.70. The topological polar surface area (TPSA) is 21.8 Å². The van der Waals surface area contributed by atoms with Gasteiger partial charge in [-0.05, 0) is 93.3 Å². The maximum absolute atomic E-state index is 14.8. The summed E-state index contributed by atoms with van der Waals surface area (Å²) in [5.41, 5.74) is 1.73. The SMILES string of the molecule is C/C=C(\C=C(\F)CC1CCC(/C=C/c2ccc(C3CCC(OC)CC3)c(F)c2F)CC1)C1CO1. The van der Waals surface area contributed by atoms with Crippen LogP contribution in [0.15, 0.2) is 41.8 Å². The highest BCUT2D eigenvalue weighted by atomic mass is 19.2. The van der Waals surface area contributed by atoms with Gasteiger partial charge in [-0.1, -0.05) is 30.4 Å². The van der Waals surface area contributed by atoms with Crippen LogP contribution in [0.4, 0.5) is 13.2 Å². The Hall–Kier alpha value is -1.85. The molecule has 0 amide bonds. The fraction of sp³-hybridized carbons (Fsp3) is 0.586. The van der Waals surface area contributed by atoms with Crippen molar-refractivity contribution in [3.63, 3.8) is 0 Å². The number of hydrogen-bond donors (Lipinski definition) is 0. The van der Waals surface area contributed by atoms with Crippen molar-refractivity contribution in [2.75, 3.05) is 13.7 Å². The van der Waals surface area contributed by atoms with Gasteiger partial charge < -0.3 is 9.47 Å². The molecule has 1 aromatic carbocycles. The van der Waals surface area contributed by atoms with Crippen LogP contribution in [-0.2, 0) is 9.47 Å². The molecule has 1 unspecified atom stereocenters. The number of benzene rings is 1. The Morgan fingerprint density at radius 2 is 1.74 bits per heavy atom. The van der Waals surface area contributed by atoms with Crippen LogP contribution in [0.1, 0.15) is 81.8 Å². The summed E-state index contributed by atoms with van der Waals surface area (Å²) in [6, 6.07) is 3.47. The largest absolute Gasteiger partial charge is 0.381 e. The first-order valence-corrected chi connectivity index (χ1v) is 12.8. The maximum Gasteiger partial charge on any atom is 0.166 e. The molecule has 34 heavy (non-hydrogen) atoms. The third-order valence-corrected chi connectivity index (χ3v) is 7.87. The van der Waals surface area contributed by atoms with Crippen LogP contribution < -0.4 is 0 Å². The molecule has 4 rings (SSSR count). The molecular weight excluding hydrogens is 437 g/mol. The van der Waals surface area contributed by atoms with Crippen LogP contribution in [-0.4, -0.2) is 25.9 Å². The molecule has 2 nitrogen and oxygen atoms in total. The van der Waals surface area contributed by atoms with Crippen LogP contribution in [0.5, 0.6) is 0 Å². The predicted molar refractivity (Wildman–Crippen MR) is 130 cm³/mol. The van der Waals surface area contributed by atoms with Crippen LogP contribution >= 0.6 is 0 Å². The Bertz CT molecular complexity index is 916. The van der Waals surface area contributed by atoms with Crippen molar-refractivity contribution in [1.29, 1.82) is 0 Å². The predicted octanol–water partition coefficient (Wildman–Crippen LogP) is 8.05. The first kappa shape index (κ1) is 25.2. The van der Waals surface area contributed by atoms with Crippen molar-refractivity contribution in [1.82, 2.24) is 0 Å². The second-order valence-corrected chi connectivity index (χ2v) is 10.1. The van der Waals surface area contributed by atoms with Crippen LogP contribution in [0.3, 0.4) is 0 Å². The van der Waals surface area contributed by atoms with Crippen LogP contribution in [0.25, 0.3) is 6.08 Å². The molecule has 186 valence electrons. The van der Waals surface area contributed by atoms with Gasteiger partial charge in [0.15, 0.2) is 11.6 Å². The molecule has 2 saturated carbocycles. The van der Waals surface area contributed by atoms with Crippen molar-refractivity contribution < 1.29 is 22.6 Å². The van der Waals surface area contributed by atoms with Crippen molar-refractivity contribution in [3.05, 3.63) is 64.5 Å². The molecule has 0 radical (unpaired) electrons. The van der Waals surface area contributed by atoms with E-state index in [0.717, 1.165) is 56.9 Å². The number of rotatable bonds is 8. The van der Waals surface area contributed by atoms with Gasteiger partial charge in [0.2, 0.25) is 0 Å². The minimum Gasteiger partial charge on any atom is -0.381 e. The fourth-order valence-corrected chi connectivity index (χ4v) is 5.58. The van der Waals surface area contributed by atoms with Gasteiger partial charge in [0, 0.05) is 19.1 Å². The molecule has 1 aliphatic heterocycles. The quantitative estimate of drug-likeness (QED) is 0.281. The van der Waals surface area contributed by atoms with E-state index >= 15 is 0 Å². The molecular formula is C29H37F3O2. The molecule has 3 fully saturated rings. The lowest BCUT2D eigenvalue weighted by molar-refractivity contribution is 0.0655. The monoisotopic (exact) mass is 474 g/mol. The zero-order chi connectivity index (χ0) is 24.1. The maximum atomic E-state index is 14.8. The van der Waals surface area contributed by atoms with Gasteiger partial charge in [0.25, 0.3) is 0 Å². The number of halogens is 3. The lowest BCUT2D eigenvalue weighted by Gasteiger charge is -2.28. The molecule has 1 heterocycles. The van der Waals surface area contributed by atoms with E-state index in [9.17, 15) is 13.2 Å². The van der Waals surface area contributed by atoms with E-state index < -0.39 is 11.6 Å². The van der Waals surface area contributed by atoms with Crippen molar-refractivity contribution in [3.8, 4) is 0 Å². The zero-order valence-corrected chi connectivity index (χ0v) is 20.4. The number of methoxy groups -OCH3 is 1. The van der Waals surface area contributed by atoms with Gasteiger partial charge in [-0.2, -0.15) is 0 Å².